The van der Waals surface area contributed by atoms with E-state index in [2.05, 4.69) is 13.8 Å². The van der Waals surface area contributed by atoms with E-state index in [4.69, 9.17) is 0 Å². The first-order valence-electron chi connectivity index (χ1n) is 9.56. The molecule has 0 fully saturated rings. The fourth-order valence-corrected chi connectivity index (χ4v) is 3.82. The third-order valence-electron chi connectivity index (χ3n) is 4.51. The highest BCUT2D eigenvalue weighted by Crippen LogP contribution is 2.19. The molecule has 0 aliphatic rings. The summed E-state index contributed by atoms with van der Waals surface area (Å²) in [6, 6.07) is 0. The van der Waals surface area contributed by atoms with Gasteiger partial charge in [-0.1, -0.05) is 78.1 Å². The molecule has 23 heavy (non-hydrogen) atoms. The summed E-state index contributed by atoms with van der Waals surface area (Å²) >= 11 is 0. The maximum Gasteiger partial charge on any atom is 0.267 e. The van der Waals surface area contributed by atoms with Crippen LogP contribution in [0, 0.1) is 0 Å². The normalized spacial score (nSPS) is 14.8. The van der Waals surface area contributed by atoms with Crippen LogP contribution in [0.25, 0.3) is 0 Å². The Morgan fingerprint density at radius 2 is 1.17 bits per heavy atom. The Bertz CT molecular complexity index is 354. The molecule has 0 aromatic heterocycles. The molecule has 0 aliphatic carbocycles. The van der Waals surface area contributed by atoms with Crippen LogP contribution >= 0.6 is 0 Å². The SMILES string of the molecule is CCCCCCCCCC(CCC(O)CCCCC)S(=O)(=O)O. The molecule has 2 unspecified atom stereocenters. The topological polar surface area (TPSA) is 74.6 Å². The Morgan fingerprint density at radius 1 is 0.696 bits per heavy atom. The van der Waals surface area contributed by atoms with Gasteiger partial charge in [0.2, 0.25) is 0 Å². The molecule has 0 heterocycles. The van der Waals surface area contributed by atoms with Crippen LogP contribution in [0.15, 0.2) is 0 Å². The molecule has 0 bridgehead atoms. The van der Waals surface area contributed by atoms with Crippen molar-refractivity contribution < 1.29 is 18.1 Å². The highest BCUT2D eigenvalue weighted by atomic mass is 32.2. The number of hydrogen-bond donors (Lipinski definition) is 2. The predicted octanol–water partition coefficient (Wildman–Crippen LogP) is 5.10. The van der Waals surface area contributed by atoms with Gasteiger partial charge >= 0.3 is 0 Å². The van der Waals surface area contributed by atoms with Crippen molar-refractivity contribution in [3.63, 3.8) is 0 Å². The van der Waals surface area contributed by atoms with E-state index in [1.807, 2.05) is 0 Å². The zero-order valence-corrected chi connectivity index (χ0v) is 16.0. The number of rotatable bonds is 16. The summed E-state index contributed by atoms with van der Waals surface area (Å²) in [5.41, 5.74) is 0. The molecular weight excluding hydrogens is 312 g/mol. The highest BCUT2D eigenvalue weighted by molar-refractivity contribution is 7.86. The second kappa shape index (κ2) is 14.2. The van der Waals surface area contributed by atoms with Crippen LogP contribution in [0.2, 0.25) is 0 Å². The van der Waals surface area contributed by atoms with E-state index in [0.717, 1.165) is 44.9 Å². The van der Waals surface area contributed by atoms with E-state index in [0.29, 0.717) is 19.3 Å². The van der Waals surface area contributed by atoms with E-state index in [-0.39, 0.29) is 0 Å². The second-order valence-electron chi connectivity index (χ2n) is 6.77. The maximum atomic E-state index is 11.5. The van der Waals surface area contributed by atoms with E-state index in [1.54, 1.807) is 0 Å². The monoisotopic (exact) mass is 350 g/mol. The van der Waals surface area contributed by atoms with E-state index in [9.17, 15) is 18.1 Å². The van der Waals surface area contributed by atoms with Crippen LogP contribution in [0.4, 0.5) is 0 Å². The summed E-state index contributed by atoms with van der Waals surface area (Å²) in [4.78, 5) is 0. The smallest absolute Gasteiger partial charge is 0.267 e. The maximum absolute atomic E-state index is 11.5. The first-order chi connectivity index (χ1) is 10.9. The molecule has 0 radical (unpaired) electrons. The van der Waals surface area contributed by atoms with Gasteiger partial charge in [0.05, 0.1) is 11.4 Å². The molecule has 0 aromatic rings. The van der Waals surface area contributed by atoms with Gasteiger partial charge in [-0.3, -0.25) is 4.55 Å². The molecular formula is C18H38O4S. The van der Waals surface area contributed by atoms with Crippen LogP contribution in [-0.2, 0) is 10.1 Å². The third kappa shape index (κ3) is 14.0. The van der Waals surface area contributed by atoms with Gasteiger partial charge in [-0.2, -0.15) is 8.42 Å². The fourth-order valence-electron chi connectivity index (χ4n) is 2.92. The van der Waals surface area contributed by atoms with E-state index < -0.39 is 21.5 Å². The second-order valence-corrected chi connectivity index (χ2v) is 8.47. The summed E-state index contributed by atoms with van der Waals surface area (Å²) in [5.74, 6) is 0. The van der Waals surface area contributed by atoms with Crippen LogP contribution in [0.3, 0.4) is 0 Å². The lowest BCUT2D eigenvalue weighted by Crippen LogP contribution is -2.22. The molecule has 0 amide bonds. The van der Waals surface area contributed by atoms with Crippen LogP contribution in [-0.4, -0.2) is 29.4 Å². The standard InChI is InChI=1S/C18H38O4S/c1-3-5-7-8-9-10-12-14-18(23(20,21)22)16-15-17(19)13-11-6-4-2/h17-19H,3-16H2,1-2H3,(H,20,21,22). The molecule has 0 aromatic carbocycles. The summed E-state index contributed by atoms with van der Waals surface area (Å²) in [6.45, 7) is 4.30. The van der Waals surface area contributed by atoms with Gasteiger partial charge in [-0.25, -0.2) is 0 Å². The Balaban J connectivity index is 3.95. The van der Waals surface area contributed by atoms with Crippen LogP contribution in [0.5, 0.6) is 0 Å². The van der Waals surface area contributed by atoms with Crippen molar-refractivity contribution in [2.75, 3.05) is 0 Å². The quantitative estimate of drug-likeness (QED) is 0.300. The lowest BCUT2D eigenvalue weighted by Gasteiger charge is -2.16. The number of aliphatic hydroxyl groups is 1. The minimum absolute atomic E-state index is 0.363. The average Bonchev–Trinajstić information content (AvgIpc) is 2.48. The molecule has 4 nitrogen and oxygen atoms in total. The first kappa shape index (κ1) is 22.9. The van der Waals surface area contributed by atoms with Crippen molar-refractivity contribution >= 4 is 10.1 Å². The Hall–Kier alpha value is -0.130. The van der Waals surface area contributed by atoms with Crippen molar-refractivity contribution in [2.45, 2.75) is 115 Å². The Labute approximate surface area is 143 Å². The minimum atomic E-state index is -4.00. The molecule has 0 aliphatic heterocycles. The molecule has 5 heteroatoms. The molecule has 2 N–H and O–H groups in total. The summed E-state index contributed by atoms with van der Waals surface area (Å²) in [7, 11) is -4.00. The summed E-state index contributed by atoms with van der Waals surface area (Å²) in [6.07, 6.45) is 12.7. The van der Waals surface area contributed by atoms with Crippen molar-refractivity contribution in [3.05, 3.63) is 0 Å². The van der Waals surface area contributed by atoms with Gasteiger partial charge in [0.15, 0.2) is 0 Å². The van der Waals surface area contributed by atoms with Gasteiger partial charge in [-0.15, -0.1) is 0 Å². The largest absolute Gasteiger partial charge is 0.393 e. The number of unbranched alkanes of at least 4 members (excludes halogenated alkanes) is 8. The van der Waals surface area contributed by atoms with Crippen LogP contribution in [0.1, 0.15) is 104 Å². The minimum Gasteiger partial charge on any atom is -0.393 e. The van der Waals surface area contributed by atoms with Crippen molar-refractivity contribution in [1.82, 2.24) is 0 Å². The van der Waals surface area contributed by atoms with Gasteiger partial charge in [-0.05, 0) is 25.7 Å². The third-order valence-corrected chi connectivity index (χ3v) is 5.83. The number of aliphatic hydroxyl groups excluding tert-OH is 1. The van der Waals surface area contributed by atoms with E-state index in [1.165, 1.54) is 25.7 Å². The molecule has 0 spiro atoms. The molecule has 0 saturated carbocycles. The van der Waals surface area contributed by atoms with Gasteiger partial charge < -0.3 is 5.11 Å². The average molecular weight is 351 g/mol. The van der Waals surface area contributed by atoms with Crippen molar-refractivity contribution in [2.24, 2.45) is 0 Å². The first-order valence-corrected chi connectivity index (χ1v) is 11.1. The Morgan fingerprint density at radius 3 is 1.74 bits per heavy atom. The van der Waals surface area contributed by atoms with Gasteiger partial charge in [0.25, 0.3) is 10.1 Å². The zero-order valence-electron chi connectivity index (χ0n) is 15.2. The van der Waals surface area contributed by atoms with Gasteiger partial charge in [0, 0.05) is 0 Å². The van der Waals surface area contributed by atoms with E-state index >= 15 is 0 Å². The fraction of sp³-hybridized carbons (Fsp3) is 1.00. The van der Waals surface area contributed by atoms with Gasteiger partial charge in [0.1, 0.15) is 0 Å². The molecule has 2 atom stereocenters. The predicted molar refractivity (Wildman–Crippen MR) is 97.3 cm³/mol. The Kier molecular flexibility index (Phi) is 14.2. The van der Waals surface area contributed by atoms with Crippen molar-refractivity contribution in [3.8, 4) is 0 Å². The molecule has 140 valence electrons. The number of hydrogen-bond acceptors (Lipinski definition) is 3. The zero-order chi connectivity index (χ0) is 17.6. The summed E-state index contributed by atoms with van der Waals surface area (Å²) < 4.78 is 32.3. The van der Waals surface area contributed by atoms with Crippen molar-refractivity contribution in [1.29, 1.82) is 0 Å². The highest BCUT2D eigenvalue weighted by Gasteiger charge is 2.23. The van der Waals surface area contributed by atoms with Crippen LogP contribution < -0.4 is 0 Å². The molecule has 0 rings (SSSR count). The summed E-state index contributed by atoms with van der Waals surface area (Å²) in [5, 5.41) is 9.20. The molecule has 0 saturated heterocycles. The lowest BCUT2D eigenvalue weighted by atomic mass is 10.0. The lowest BCUT2D eigenvalue weighted by molar-refractivity contribution is 0.147.